The first-order valence-corrected chi connectivity index (χ1v) is 20.9. The van der Waals surface area contributed by atoms with Crippen LogP contribution in [0.2, 0.25) is 0 Å². The van der Waals surface area contributed by atoms with Crippen molar-refractivity contribution in [3.63, 3.8) is 0 Å². The van der Waals surface area contributed by atoms with Crippen LogP contribution in [0.3, 0.4) is 0 Å². The van der Waals surface area contributed by atoms with Gasteiger partial charge >= 0.3 is 0 Å². The predicted octanol–water partition coefficient (Wildman–Crippen LogP) is 11.2. The molecule has 4 N–H and O–H groups in total. The molecule has 0 amide bonds. The Kier molecular flexibility index (Phi) is 14.0. The largest absolute Gasteiger partial charge is 0.309 e. The van der Waals surface area contributed by atoms with E-state index in [2.05, 4.69) is 201 Å². The van der Waals surface area contributed by atoms with E-state index < -0.39 is 0 Å². The van der Waals surface area contributed by atoms with Gasteiger partial charge in [0.25, 0.3) is 0 Å². The van der Waals surface area contributed by atoms with Gasteiger partial charge in [-0.15, -0.1) is 0 Å². The molecule has 4 nitrogen and oxygen atoms in total. The molecule has 292 valence electrons. The van der Waals surface area contributed by atoms with E-state index in [1.165, 1.54) is 50.9 Å². The van der Waals surface area contributed by atoms with Gasteiger partial charge in [-0.2, -0.15) is 0 Å². The number of hydrogen-bond donors (Lipinski definition) is 4. The zero-order valence-electron chi connectivity index (χ0n) is 35.7. The van der Waals surface area contributed by atoms with E-state index >= 15 is 0 Å². The molecule has 4 aromatic rings. The van der Waals surface area contributed by atoms with Crippen molar-refractivity contribution in [1.29, 1.82) is 0 Å². The van der Waals surface area contributed by atoms with Crippen LogP contribution >= 0.6 is 0 Å². The van der Waals surface area contributed by atoms with Gasteiger partial charge in [0.05, 0.1) is 0 Å². The maximum absolute atomic E-state index is 3.75. The maximum Gasteiger partial charge on any atom is 0.0386 e. The zero-order valence-corrected chi connectivity index (χ0v) is 35.7. The Hall–Kier alpha value is -3.28. The Balaban J connectivity index is 0.000000139. The number of hydrogen-bond acceptors (Lipinski definition) is 4. The first kappa shape index (κ1) is 41.9. The summed E-state index contributed by atoms with van der Waals surface area (Å²) in [6, 6.07) is 37.3. The van der Waals surface area contributed by atoms with Gasteiger partial charge in [0.15, 0.2) is 0 Å². The summed E-state index contributed by atoms with van der Waals surface area (Å²) in [5, 5.41) is 14.5. The number of rotatable bonds is 4. The molecule has 0 radical (unpaired) electrons. The minimum Gasteiger partial charge on any atom is -0.309 e. The summed E-state index contributed by atoms with van der Waals surface area (Å²) in [6.07, 6.45) is 2.35. The first-order chi connectivity index (χ1) is 25.6. The minimum atomic E-state index is 0.115. The number of fused-ring (bicyclic) bond motifs is 4. The quantitative estimate of drug-likeness (QED) is 0.169. The van der Waals surface area contributed by atoms with Crippen LogP contribution in [0.4, 0.5) is 0 Å². The molecule has 0 aromatic heterocycles. The fourth-order valence-electron chi connectivity index (χ4n) is 8.82. The summed E-state index contributed by atoms with van der Waals surface area (Å²) < 4.78 is 0. The van der Waals surface area contributed by atoms with Crippen molar-refractivity contribution in [3.8, 4) is 0 Å². The van der Waals surface area contributed by atoms with E-state index in [4.69, 9.17) is 0 Å². The van der Waals surface area contributed by atoms with E-state index in [0.29, 0.717) is 41.9 Å². The average molecular weight is 729 g/mol. The van der Waals surface area contributed by atoms with Crippen molar-refractivity contribution in [2.75, 3.05) is 0 Å². The molecule has 4 heterocycles. The third-order valence-corrected chi connectivity index (χ3v) is 12.1. The normalized spacial score (nSPS) is 22.8. The van der Waals surface area contributed by atoms with Gasteiger partial charge in [-0.1, -0.05) is 152 Å². The van der Waals surface area contributed by atoms with Gasteiger partial charge in [0, 0.05) is 48.3 Å². The maximum atomic E-state index is 3.75. The van der Waals surface area contributed by atoms with Crippen LogP contribution in [0, 0.1) is 23.7 Å². The fraction of sp³-hybridized carbons (Fsp3) is 0.520. The van der Waals surface area contributed by atoms with Gasteiger partial charge in [0.2, 0.25) is 0 Å². The second-order valence-electron chi connectivity index (χ2n) is 18.6. The standard InChI is InChI=1S/C14H21N.C13H19N.C12H17N.C11H15N/c1-10(2)13-9-11-7-5-6-8-12(11)14(3,4)15-13;1-9(2)12-10-7-5-6-8-11(10)13(3,4)14-12;1-9(2)12-7-10-5-3-4-6-11(10)8-13-12;1-8(2)11-10-6-4-3-5-9(10)7-12-11/h5-8,10,13,15H,9H2,1-4H3;5-9,12,14H,1-4H3;3-6,9,12-13H,7-8H2,1-2H3;3-6,8,11-12H,7H2,1-2H3. The zero-order chi connectivity index (χ0) is 39.2. The Morgan fingerprint density at radius 1 is 0.426 bits per heavy atom. The highest BCUT2D eigenvalue weighted by Gasteiger charge is 2.37. The Morgan fingerprint density at radius 2 is 0.889 bits per heavy atom. The van der Waals surface area contributed by atoms with Gasteiger partial charge in [-0.05, 0) is 109 Å². The summed E-state index contributed by atoms with van der Waals surface area (Å²) in [7, 11) is 0. The summed E-state index contributed by atoms with van der Waals surface area (Å²) >= 11 is 0. The number of benzene rings is 4. The highest BCUT2D eigenvalue weighted by molar-refractivity contribution is 5.40. The number of nitrogens with one attached hydrogen (secondary N) is 4. The summed E-state index contributed by atoms with van der Waals surface area (Å²) in [5.41, 5.74) is 12.1. The van der Waals surface area contributed by atoms with Crippen molar-refractivity contribution in [2.24, 2.45) is 23.7 Å². The van der Waals surface area contributed by atoms with Gasteiger partial charge in [-0.25, -0.2) is 0 Å². The Morgan fingerprint density at radius 3 is 1.50 bits per heavy atom. The Bertz CT molecular complexity index is 1780. The second-order valence-corrected chi connectivity index (χ2v) is 18.6. The van der Waals surface area contributed by atoms with E-state index in [-0.39, 0.29) is 11.1 Å². The van der Waals surface area contributed by atoms with Crippen LogP contribution in [-0.2, 0) is 37.0 Å². The van der Waals surface area contributed by atoms with Crippen LogP contribution in [0.5, 0.6) is 0 Å². The monoisotopic (exact) mass is 729 g/mol. The smallest absolute Gasteiger partial charge is 0.0386 e. The van der Waals surface area contributed by atoms with Crippen LogP contribution in [-0.4, -0.2) is 12.1 Å². The molecular formula is C50H72N4. The van der Waals surface area contributed by atoms with Crippen molar-refractivity contribution in [3.05, 3.63) is 142 Å². The molecule has 8 rings (SSSR count). The second kappa shape index (κ2) is 18.1. The summed E-state index contributed by atoms with van der Waals surface area (Å²) in [6.45, 7) is 29.4. The molecule has 0 spiro atoms. The molecule has 4 atom stereocenters. The Labute approximate surface area is 329 Å². The molecule has 0 saturated heterocycles. The molecule has 4 heteroatoms. The lowest BCUT2D eigenvalue weighted by atomic mass is 9.80. The third-order valence-electron chi connectivity index (χ3n) is 12.1. The van der Waals surface area contributed by atoms with Crippen molar-refractivity contribution < 1.29 is 0 Å². The highest BCUT2D eigenvalue weighted by atomic mass is 15.0. The van der Waals surface area contributed by atoms with Crippen molar-refractivity contribution >= 4 is 0 Å². The fourth-order valence-corrected chi connectivity index (χ4v) is 8.82. The molecule has 54 heavy (non-hydrogen) atoms. The lowest BCUT2D eigenvalue weighted by Crippen LogP contribution is -2.51. The summed E-state index contributed by atoms with van der Waals surface area (Å²) in [5.74, 6) is 2.76. The molecule has 4 aromatic carbocycles. The molecule has 4 aliphatic rings. The van der Waals surface area contributed by atoms with Crippen LogP contribution < -0.4 is 21.3 Å². The van der Waals surface area contributed by atoms with E-state index in [9.17, 15) is 0 Å². The van der Waals surface area contributed by atoms with E-state index in [0.717, 1.165) is 25.4 Å². The molecular weight excluding hydrogens is 657 g/mol. The first-order valence-electron chi connectivity index (χ1n) is 20.9. The molecule has 0 aliphatic carbocycles. The van der Waals surface area contributed by atoms with Crippen LogP contribution in [0.15, 0.2) is 97.1 Å². The molecule has 4 aliphatic heterocycles. The van der Waals surface area contributed by atoms with E-state index in [1.807, 2.05) is 0 Å². The average Bonchev–Trinajstić information content (AvgIpc) is 3.71. The lowest BCUT2D eigenvalue weighted by molar-refractivity contribution is 0.265. The lowest BCUT2D eigenvalue weighted by Gasteiger charge is -2.40. The summed E-state index contributed by atoms with van der Waals surface area (Å²) in [4.78, 5) is 0. The van der Waals surface area contributed by atoms with Gasteiger partial charge in [-0.3, -0.25) is 0 Å². The molecule has 4 unspecified atom stereocenters. The molecule has 0 fully saturated rings. The molecule has 0 bridgehead atoms. The van der Waals surface area contributed by atoms with Crippen molar-refractivity contribution in [1.82, 2.24) is 21.3 Å². The van der Waals surface area contributed by atoms with Crippen LogP contribution in [0.25, 0.3) is 0 Å². The molecule has 0 saturated carbocycles. The minimum absolute atomic E-state index is 0.115. The van der Waals surface area contributed by atoms with E-state index in [1.54, 1.807) is 0 Å². The highest BCUT2D eigenvalue weighted by Crippen LogP contribution is 2.40. The third kappa shape index (κ3) is 10.1. The topological polar surface area (TPSA) is 48.1 Å². The SMILES string of the molecule is CC(C)C1Cc2ccccc2C(C)(C)N1.CC(C)C1Cc2ccccc2CN1.CC(C)C1NC(C)(C)c2ccccc21.CC(C)C1NCc2ccccc21. The van der Waals surface area contributed by atoms with Gasteiger partial charge in [0.1, 0.15) is 0 Å². The van der Waals surface area contributed by atoms with Crippen molar-refractivity contribution in [2.45, 2.75) is 144 Å². The van der Waals surface area contributed by atoms with Gasteiger partial charge < -0.3 is 21.3 Å². The van der Waals surface area contributed by atoms with Crippen LogP contribution in [0.1, 0.15) is 140 Å². The predicted molar refractivity (Wildman–Crippen MR) is 232 cm³/mol.